The van der Waals surface area contributed by atoms with Crippen molar-refractivity contribution in [2.45, 2.75) is 26.4 Å². The van der Waals surface area contributed by atoms with E-state index in [1.165, 1.54) is 17.7 Å². The maximum absolute atomic E-state index is 10.9. The number of nitro benzene ring substituents is 1. The third kappa shape index (κ3) is 4.08. The summed E-state index contributed by atoms with van der Waals surface area (Å²) in [5.41, 5.74) is 1.69. The van der Waals surface area contributed by atoms with Crippen molar-refractivity contribution in [2.75, 3.05) is 0 Å². The average molecular weight is 418 g/mol. The van der Waals surface area contributed by atoms with Crippen LogP contribution < -0.4 is 4.74 Å². The van der Waals surface area contributed by atoms with Crippen molar-refractivity contribution in [2.24, 2.45) is 0 Å². The van der Waals surface area contributed by atoms with E-state index in [2.05, 4.69) is 39.9 Å². The topological polar surface area (TPSA) is 91.3 Å². The number of halogens is 1. The van der Waals surface area contributed by atoms with Crippen molar-refractivity contribution in [1.82, 2.24) is 10.1 Å². The van der Waals surface area contributed by atoms with E-state index in [1.54, 1.807) is 12.1 Å². The van der Waals surface area contributed by atoms with Crippen LogP contribution in [0, 0.1) is 10.1 Å². The minimum atomic E-state index is -0.466. The highest BCUT2D eigenvalue weighted by Crippen LogP contribution is 2.29. The lowest BCUT2D eigenvalue weighted by atomic mass is 10.0. The SMILES string of the molecule is CC(C)c1ccc(OCc2nc(-c3cccc([N+](=O)[O-])c3)no2)c(Br)c1. The van der Waals surface area contributed by atoms with Crippen molar-refractivity contribution >= 4 is 21.6 Å². The van der Waals surface area contributed by atoms with Gasteiger partial charge in [-0.3, -0.25) is 10.1 Å². The predicted molar refractivity (Wildman–Crippen MR) is 99.0 cm³/mol. The van der Waals surface area contributed by atoms with E-state index in [0.717, 1.165) is 4.47 Å². The Kier molecular flexibility index (Phi) is 5.32. The summed E-state index contributed by atoms with van der Waals surface area (Å²) < 4.78 is 11.7. The minimum absolute atomic E-state index is 0.0285. The number of ether oxygens (including phenoxy) is 1. The van der Waals surface area contributed by atoms with Crippen LogP contribution in [0.25, 0.3) is 11.4 Å². The van der Waals surface area contributed by atoms with Gasteiger partial charge in [0, 0.05) is 17.7 Å². The van der Waals surface area contributed by atoms with Crippen LogP contribution in [-0.2, 0) is 6.61 Å². The van der Waals surface area contributed by atoms with Gasteiger partial charge < -0.3 is 9.26 Å². The highest BCUT2D eigenvalue weighted by Gasteiger charge is 2.13. The summed E-state index contributed by atoms with van der Waals surface area (Å²) in [6, 6.07) is 12.0. The smallest absolute Gasteiger partial charge is 0.270 e. The van der Waals surface area contributed by atoms with Gasteiger partial charge in [-0.05, 0) is 39.5 Å². The quantitative estimate of drug-likeness (QED) is 0.408. The largest absolute Gasteiger partial charge is 0.483 e. The fourth-order valence-corrected chi connectivity index (χ4v) is 2.83. The van der Waals surface area contributed by atoms with Crippen LogP contribution >= 0.6 is 15.9 Å². The first kappa shape index (κ1) is 18.1. The second kappa shape index (κ2) is 7.65. The number of hydrogen-bond donors (Lipinski definition) is 0. The molecule has 0 N–H and O–H groups in total. The lowest BCUT2D eigenvalue weighted by molar-refractivity contribution is -0.384. The molecular weight excluding hydrogens is 402 g/mol. The summed E-state index contributed by atoms with van der Waals surface area (Å²) in [5, 5.41) is 14.7. The van der Waals surface area contributed by atoms with Crippen molar-refractivity contribution in [3.05, 3.63) is 68.5 Å². The molecule has 7 nitrogen and oxygen atoms in total. The Bertz CT molecular complexity index is 940. The van der Waals surface area contributed by atoms with Crippen molar-refractivity contribution in [1.29, 1.82) is 0 Å². The molecule has 26 heavy (non-hydrogen) atoms. The van der Waals surface area contributed by atoms with Crippen LogP contribution in [0.15, 0.2) is 51.5 Å². The number of nitro groups is 1. The van der Waals surface area contributed by atoms with Gasteiger partial charge in [-0.25, -0.2) is 0 Å². The predicted octanol–water partition coefficient (Wildman–Crippen LogP) is 5.11. The fourth-order valence-electron chi connectivity index (χ4n) is 2.32. The van der Waals surface area contributed by atoms with Gasteiger partial charge in [-0.15, -0.1) is 0 Å². The van der Waals surface area contributed by atoms with Gasteiger partial charge in [0.05, 0.1) is 9.40 Å². The number of non-ortho nitro benzene ring substituents is 1. The molecule has 8 heteroatoms. The second-order valence-corrected chi connectivity index (χ2v) is 6.81. The molecule has 0 saturated heterocycles. The Morgan fingerprint density at radius 1 is 1.27 bits per heavy atom. The summed E-state index contributed by atoms with van der Waals surface area (Å²) in [6.07, 6.45) is 0. The van der Waals surface area contributed by atoms with E-state index in [4.69, 9.17) is 9.26 Å². The zero-order valence-electron chi connectivity index (χ0n) is 14.2. The van der Waals surface area contributed by atoms with Crippen molar-refractivity contribution in [3.63, 3.8) is 0 Å². The van der Waals surface area contributed by atoms with Crippen LogP contribution in [0.5, 0.6) is 5.75 Å². The van der Waals surface area contributed by atoms with Crippen molar-refractivity contribution in [3.8, 4) is 17.1 Å². The Labute approximate surface area is 158 Å². The number of benzene rings is 2. The van der Waals surface area contributed by atoms with Crippen LogP contribution in [0.1, 0.15) is 31.2 Å². The third-order valence-electron chi connectivity index (χ3n) is 3.76. The monoisotopic (exact) mass is 417 g/mol. The van der Waals surface area contributed by atoms with Crippen LogP contribution in [0.4, 0.5) is 5.69 Å². The van der Waals surface area contributed by atoms with Gasteiger partial charge in [0.2, 0.25) is 5.82 Å². The highest BCUT2D eigenvalue weighted by atomic mass is 79.9. The highest BCUT2D eigenvalue weighted by molar-refractivity contribution is 9.10. The fraction of sp³-hybridized carbons (Fsp3) is 0.222. The van der Waals surface area contributed by atoms with Gasteiger partial charge in [0.25, 0.3) is 11.6 Å². The molecule has 3 aromatic rings. The molecule has 0 aliphatic carbocycles. The number of hydrogen-bond acceptors (Lipinski definition) is 6. The first-order chi connectivity index (χ1) is 12.4. The standard InChI is InChI=1S/C18H16BrN3O4/c1-11(2)12-6-7-16(15(19)9-12)25-10-17-20-18(21-26-17)13-4-3-5-14(8-13)22(23)24/h3-9,11H,10H2,1-2H3. The molecule has 3 rings (SSSR count). The molecule has 0 aliphatic rings. The van der Waals surface area contributed by atoms with E-state index < -0.39 is 4.92 Å². The van der Waals surface area contributed by atoms with Gasteiger partial charge in [-0.2, -0.15) is 4.98 Å². The molecule has 1 heterocycles. The van der Waals surface area contributed by atoms with E-state index in [1.807, 2.05) is 18.2 Å². The Balaban J connectivity index is 1.71. The molecule has 0 aliphatic heterocycles. The lowest BCUT2D eigenvalue weighted by Gasteiger charge is -2.10. The molecule has 0 atom stereocenters. The van der Waals surface area contributed by atoms with E-state index in [9.17, 15) is 10.1 Å². The molecule has 0 spiro atoms. The molecule has 0 amide bonds. The van der Waals surface area contributed by atoms with Crippen LogP contribution in [0.3, 0.4) is 0 Å². The molecule has 2 aromatic carbocycles. The molecule has 0 radical (unpaired) electrons. The lowest BCUT2D eigenvalue weighted by Crippen LogP contribution is -1.97. The summed E-state index contributed by atoms with van der Waals surface area (Å²) >= 11 is 3.50. The minimum Gasteiger partial charge on any atom is -0.483 e. The molecule has 0 saturated carbocycles. The first-order valence-electron chi connectivity index (χ1n) is 7.93. The molecule has 1 aromatic heterocycles. The summed E-state index contributed by atoms with van der Waals surface area (Å²) in [5.74, 6) is 1.66. The van der Waals surface area contributed by atoms with Crippen LogP contribution in [-0.4, -0.2) is 15.1 Å². The molecular formula is C18H16BrN3O4. The Morgan fingerprint density at radius 3 is 2.77 bits per heavy atom. The molecule has 0 bridgehead atoms. The summed E-state index contributed by atoms with van der Waals surface area (Å²) in [4.78, 5) is 14.6. The van der Waals surface area contributed by atoms with Gasteiger partial charge in [-0.1, -0.05) is 37.2 Å². The summed E-state index contributed by atoms with van der Waals surface area (Å²) in [7, 11) is 0. The van der Waals surface area contributed by atoms with Crippen LogP contribution in [0.2, 0.25) is 0 Å². The van der Waals surface area contributed by atoms with E-state index in [0.29, 0.717) is 17.2 Å². The maximum atomic E-state index is 10.9. The van der Waals surface area contributed by atoms with Gasteiger partial charge in [0.1, 0.15) is 5.75 Å². The molecule has 0 unspecified atom stereocenters. The average Bonchev–Trinajstić information content (AvgIpc) is 3.09. The zero-order chi connectivity index (χ0) is 18.7. The normalized spacial score (nSPS) is 10.9. The van der Waals surface area contributed by atoms with Crippen molar-refractivity contribution < 1.29 is 14.2 Å². The van der Waals surface area contributed by atoms with Gasteiger partial charge >= 0.3 is 0 Å². The van der Waals surface area contributed by atoms with Gasteiger partial charge in [0.15, 0.2) is 6.61 Å². The maximum Gasteiger partial charge on any atom is 0.270 e. The Morgan fingerprint density at radius 2 is 2.08 bits per heavy atom. The molecule has 0 fully saturated rings. The Hall–Kier alpha value is -2.74. The van der Waals surface area contributed by atoms with E-state index >= 15 is 0 Å². The second-order valence-electron chi connectivity index (χ2n) is 5.95. The first-order valence-corrected chi connectivity index (χ1v) is 8.73. The number of aromatic nitrogens is 2. The molecule has 134 valence electrons. The zero-order valence-corrected chi connectivity index (χ0v) is 15.8. The third-order valence-corrected chi connectivity index (χ3v) is 4.38. The van der Waals surface area contributed by atoms with E-state index in [-0.39, 0.29) is 24.0 Å². The summed E-state index contributed by atoms with van der Waals surface area (Å²) in [6.45, 7) is 4.34. The number of rotatable bonds is 6. The number of nitrogens with zero attached hydrogens (tertiary/aromatic N) is 3.